The summed E-state index contributed by atoms with van der Waals surface area (Å²) in [5.74, 6) is 0.653. The molecule has 0 aromatic carbocycles. The molecule has 0 fully saturated rings. The lowest BCUT2D eigenvalue weighted by molar-refractivity contribution is 0.102. The number of carbonyl (C=O) groups excluding carboxylic acids is 1. The Hall–Kier alpha value is -1.41. The van der Waals surface area contributed by atoms with Gasteiger partial charge >= 0.3 is 0 Å². The van der Waals surface area contributed by atoms with Crippen molar-refractivity contribution in [2.75, 3.05) is 23.3 Å². The van der Waals surface area contributed by atoms with Crippen molar-refractivity contribution in [3.8, 4) is 0 Å². The molecule has 3 N–H and O–H groups in total. The lowest BCUT2D eigenvalue weighted by Gasteiger charge is -2.19. The van der Waals surface area contributed by atoms with Gasteiger partial charge in [0.25, 0.3) is 5.91 Å². The van der Waals surface area contributed by atoms with E-state index >= 15 is 0 Å². The summed E-state index contributed by atoms with van der Waals surface area (Å²) >= 11 is 1.38. The summed E-state index contributed by atoms with van der Waals surface area (Å²) in [5, 5.41) is 5.23. The van der Waals surface area contributed by atoms with Crippen LogP contribution in [0.5, 0.6) is 0 Å². The van der Waals surface area contributed by atoms with E-state index in [1.54, 1.807) is 11.6 Å². The van der Waals surface area contributed by atoms with Crippen molar-refractivity contribution >= 4 is 53.6 Å². The number of halogens is 2. The van der Waals surface area contributed by atoms with Crippen LogP contribution in [0.1, 0.15) is 29.3 Å². The van der Waals surface area contributed by atoms with Crippen LogP contribution < -0.4 is 16.0 Å². The van der Waals surface area contributed by atoms with Gasteiger partial charge in [0.05, 0.1) is 11.9 Å². The minimum absolute atomic E-state index is 0. The zero-order valence-electron chi connectivity index (χ0n) is 13.0. The minimum atomic E-state index is -0.247. The molecule has 9 heteroatoms. The van der Waals surface area contributed by atoms with Gasteiger partial charge in [-0.25, -0.2) is 9.97 Å². The van der Waals surface area contributed by atoms with Gasteiger partial charge in [-0.15, -0.1) is 36.2 Å². The number of hydrogen-bond acceptors (Lipinski definition) is 6. The maximum atomic E-state index is 12.0. The molecule has 2 aromatic heterocycles. The number of nitrogens with two attached hydrogens (primary N) is 1. The van der Waals surface area contributed by atoms with E-state index in [1.807, 2.05) is 12.1 Å². The summed E-state index contributed by atoms with van der Waals surface area (Å²) in [6.07, 6.45) is 1.65. The number of rotatable bonds is 6. The molecule has 0 bridgehead atoms. The van der Waals surface area contributed by atoms with E-state index in [9.17, 15) is 4.79 Å². The first kappa shape index (κ1) is 21.6. The Bertz CT molecular complexity index is 601. The molecule has 0 aliphatic rings. The standard InChI is InChI=1S/C14H19N5OS.2ClH/c1-3-19(4-2)12-6-5-10(8-16-12)17-14(20)11-9-21-13(7-15)18-11;;/h5-6,8-9H,3-4,7,15H2,1-2H3,(H,17,20);2*1H. The van der Waals surface area contributed by atoms with Gasteiger partial charge in [-0.05, 0) is 26.0 Å². The van der Waals surface area contributed by atoms with Crippen LogP contribution in [0.25, 0.3) is 0 Å². The van der Waals surface area contributed by atoms with Crippen molar-refractivity contribution in [2.45, 2.75) is 20.4 Å². The van der Waals surface area contributed by atoms with Crippen LogP contribution in [0, 0.1) is 0 Å². The molecule has 0 saturated heterocycles. The Morgan fingerprint density at radius 2 is 2.00 bits per heavy atom. The Labute approximate surface area is 152 Å². The molecule has 0 unspecified atom stereocenters. The Morgan fingerprint density at radius 3 is 2.48 bits per heavy atom. The largest absolute Gasteiger partial charge is 0.357 e. The molecule has 2 heterocycles. The summed E-state index contributed by atoms with van der Waals surface area (Å²) in [5.41, 5.74) is 6.52. The van der Waals surface area contributed by atoms with Crippen LogP contribution in [0.4, 0.5) is 11.5 Å². The fraction of sp³-hybridized carbons (Fsp3) is 0.357. The van der Waals surface area contributed by atoms with Gasteiger partial charge in [0, 0.05) is 25.0 Å². The first-order chi connectivity index (χ1) is 10.2. The summed E-state index contributed by atoms with van der Waals surface area (Å²) in [6.45, 7) is 6.31. The van der Waals surface area contributed by atoms with Crippen LogP contribution in [0.3, 0.4) is 0 Å². The van der Waals surface area contributed by atoms with Crippen molar-refractivity contribution in [1.82, 2.24) is 9.97 Å². The highest BCUT2D eigenvalue weighted by molar-refractivity contribution is 7.09. The van der Waals surface area contributed by atoms with E-state index in [1.165, 1.54) is 11.3 Å². The fourth-order valence-electron chi connectivity index (χ4n) is 1.90. The summed E-state index contributed by atoms with van der Waals surface area (Å²) in [4.78, 5) is 22.7. The van der Waals surface area contributed by atoms with Gasteiger partial charge < -0.3 is 16.0 Å². The summed E-state index contributed by atoms with van der Waals surface area (Å²) in [7, 11) is 0. The first-order valence-electron chi connectivity index (χ1n) is 6.84. The number of anilines is 2. The normalized spacial score (nSPS) is 9.52. The second-order valence-corrected chi connectivity index (χ2v) is 5.30. The maximum Gasteiger partial charge on any atom is 0.275 e. The predicted molar refractivity (Wildman–Crippen MR) is 100 cm³/mol. The highest BCUT2D eigenvalue weighted by atomic mass is 35.5. The van der Waals surface area contributed by atoms with Gasteiger partial charge in [-0.2, -0.15) is 0 Å². The van der Waals surface area contributed by atoms with Gasteiger partial charge in [0.15, 0.2) is 0 Å². The Kier molecular flexibility index (Phi) is 9.74. The van der Waals surface area contributed by atoms with Crippen LogP contribution in [0.15, 0.2) is 23.7 Å². The second kappa shape index (κ2) is 10.4. The van der Waals surface area contributed by atoms with E-state index in [0.29, 0.717) is 17.9 Å². The maximum absolute atomic E-state index is 12.0. The number of hydrogen-bond donors (Lipinski definition) is 2. The third-order valence-electron chi connectivity index (χ3n) is 3.05. The van der Waals surface area contributed by atoms with Gasteiger partial charge in [-0.3, -0.25) is 4.79 Å². The second-order valence-electron chi connectivity index (χ2n) is 4.36. The lowest BCUT2D eigenvalue weighted by Crippen LogP contribution is -2.22. The fourth-order valence-corrected chi connectivity index (χ4v) is 2.55. The van der Waals surface area contributed by atoms with E-state index in [2.05, 4.69) is 34.0 Å². The molecule has 0 saturated carbocycles. The molecule has 1 amide bonds. The van der Waals surface area contributed by atoms with Crippen LogP contribution in [-0.4, -0.2) is 29.0 Å². The number of carbonyl (C=O) groups is 1. The van der Waals surface area contributed by atoms with Gasteiger partial charge in [0.2, 0.25) is 0 Å². The molecule has 2 rings (SSSR count). The van der Waals surface area contributed by atoms with Crippen molar-refractivity contribution in [2.24, 2.45) is 5.73 Å². The first-order valence-corrected chi connectivity index (χ1v) is 7.72. The van der Waals surface area contributed by atoms with Crippen LogP contribution in [-0.2, 0) is 6.54 Å². The van der Waals surface area contributed by atoms with Crippen LogP contribution >= 0.6 is 36.2 Å². The minimum Gasteiger partial charge on any atom is -0.357 e. The topological polar surface area (TPSA) is 84.1 Å². The quantitative estimate of drug-likeness (QED) is 0.808. The number of pyridine rings is 1. The molecule has 0 atom stereocenters. The van der Waals surface area contributed by atoms with Crippen molar-refractivity contribution in [1.29, 1.82) is 0 Å². The third-order valence-corrected chi connectivity index (χ3v) is 3.92. The molecule has 128 valence electrons. The smallest absolute Gasteiger partial charge is 0.275 e. The van der Waals surface area contributed by atoms with E-state index in [0.717, 1.165) is 23.9 Å². The molecule has 0 aliphatic heterocycles. The number of amides is 1. The van der Waals surface area contributed by atoms with Gasteiger partial charge in [0.1, 0.15) is 16.5 Å². The number of thiazole rings is 1. The average Bonchev–Trinajstić information content (AvgIpc) is 2.99. The Morgan fingerprint density at radius 1 is 1.30 bits per heavy atom. The number of nitrogens with one attached hydrogen (secondary N) is 1. The molecule has 0 spiro atoms. The monoisotopic (exact) mass is 377 g/mol. The SMILES string of the molecule is CCN(CC)c1ccc(NC(=O)c2csc(CN)n2)cn1.Cl.Cl. The zero-order valence-corrected chi connectivity index (χ0v) is 15.4. The van der Waals surface area contributed by atoms with Crippen LogP contribution in [0.2, 0.25) is 0 Å². The van der Waals surface area contributed by atoms with Gasteiger partial charge in [-0.1, -0.05) is 0 Å². The lowest BCUT2D eigenvalue weighted by atomic mass is 10.3. The highest BCUT2D eigenvalue weighted by Crippen LogP contribution is 2.15. The Balaban J connectivity index is 0.00000242. The van der Waals surface area contributed by atoms with E-state index < -0.39 is 0 Å². The number of aromatic nitrogens is 2. The van der Waals surface area contributed by atoms with E-state index in [4.69, 9.17) is 5.73 Å². The third kappa shape index (κ3) is 5.62. The van der Waals surface area contributed by atoms with Crippen molar-refractivity contribution in [3.63, 3.8) is 0 Å². The molecule has 2 aromatic rings. The average molecular weight is 378 g/mol. The summed E-state index contributed by atoms with van der Waals surface area (Å²) in [6, 6.07) is 3.74. The van der Waals surface area contributed by atoms with Crippen molar-refractivity contribution in [3.05, 3.63) is 34.4 Å². The highest BCUT2D eigenvalue weighted by Gasteiger charge is 2.11. The molecular weight excluding hydrogens is 357 g/mol. The predicted octanol–water partition coefficient (Wildman–Crippen LogP) is 2.94. The molecule has 0 radical (unpaired) electrons. The molecular formula is C14H21Cl2N5OS. The molecule has 6 nitrogen and oxygen atoms in total. The molecule has 23 heavy (non-hydrogen) atoms. The van der Waals surface area contributed by atoms with E-state index in [-0.39, 0.29) is 30.7 Å². The summed E-state index contributed by atoms with van der Waals surface area (Å²) < 4.78 is 0. The van der Waals surface area contributed by atoms with Crippen molar-refractivity contribution < 1.29 is 4.79 Å². The molecule has 0 aliphatic carbocycles. The number of nitrogens with zero attached hydrogens (tertiary/aromatic N) is 3. The zero-order chi connectivity index (χ0) is 15.2.